The zero-order valence-corrected chi connectivity index (χ0v) is 16.3. The molecule has 0 heterocycles. The minimum atomic E-state index is 0.435. The molecule has 0 nitrogen and oxygen atoms in total. The number of halogens is 1. The first-order valence-electron chi connectivity index (χ1n) is 9.48. The molecule has 0 amide bonds. The summed E-state index contributed by atoms with van der Waals surface area (Å²) < 4.78 is 0. The first kappa shape index (κ1) is 15.6. The van der Waals surface area contributed by atoms with Crippen molar-refractivity contribution in [3.63, 3.8) is 0 Å². The van der Waals surface area contributed by atoms with E-state index in [-0.39, 0.29) is 0 Å². The normalized spacial score (nSPS) is 24.6. The van der Waals surface area contributed by atoms with Gasteiger partial charge < -0.3 is 0 Å². The largest absolute Gasteiger partial charge is 0.0790 e. The molecular weight excluding hydrogens is 368 g/mol. The Balaban J connectivity index is 1.47. The fourth-order valence-corrected chi connectivity index (χ4v) is 5.76. The van der Waals surface area contributed by atoms with Gasteiger partial charge in [-0.3, -0.25) is 0 Å². The van der Waals surface area contributed by atoms with Crippen LogP contribution in [0.5, 0.6) is 0 Å². The Morgan fingerprint density at radius 1 is 1.04 bits per heavy atom. The van der Waals surface area contributed by atoms with Crippen LogP contribution < -0.4 is 0 Å². The SMILES string of the molecule is CC1=C(CC2=Cc3ccccc3C2)C2=CC3=C(CCCC3)C(Br)C2=C1. The van der Waals surface area contributed by atoms with Gasteiger partial charge in [0.2, 0.25) is 0 Å². The van der Waals surface area contributed by atoms with Crippen molar-refractivity contribution in [1.29, 1.82) is 0 Å². The summed E-state index contributed by atoms with van der Waals surface area (Å²) in [4.78, 5) is 0.435. The van der Waals surface area contributed by atoms with Gasteiger partial charge in [-0.15, -0.1) is 0 Å². The predicted molar refractivity (Wildman–Crippen MR) is 110 cm³/mol. The molecule has 0 saturated carbocycles. The third-order valence-electron chi connectivity index (χ3n) is 6.17. The van der Waals surface area contributed by atoms with E-state index in [9.17, 15) is 0 Å². The fraction of sp³-hybridized carbons (Fsp3) is 0.333. The first-order valence-corrected chi connectivity index (χ1v) is 10.4. The third kappa shape index (κ3) is 2.56. The van der Waals surface area contributed by atoms with E-state index in [1.54, 1.807) is 22.3 Å². The van der Waals surface area contributed by atoms with Gasteiger partial charge >= 0.3 is 0 Å². The van der Waals surface area contributed by atoms with Crippen molar-refractivity contribution >= 4 is 22.0 Å². The Morgan fingerprint density at radius 2 is 1.88 bits per heavy atom. The van der Waals surface area contributed by atoms with E-state index in [1.165, 1.54) is 53.5 Å². The number of allylic oxidation sites excluding steroid dienone is 9. The molecule has 0 aliphatic heterocycles. The minimum Gasteiger partial charge on any atom is -0.0790 e. The van der Waals surface area contributed by atoms with Crippen LogP contribution in [0.15, 0.2) is 75.4 Å². The molecule has 5 rings (SSSR count). The van der Waals surface area contributed by atoms with Crippen molar-refractivity contribution in [3.8, 4) is 0 Å². The fourth-order valence-electron chi connectivity index (χ4n) is 4.86. The van der Waals surface area contributed by atoms with Gasteiger partial charge in [-0.05, 0) is 90.0 Å². The smallest absolute Gasteiger partial charge is 0.0616 e. The van der Waals surface area contributed by atoms with E-state index in [0.717, 1.165) is 12.8 Å². The Bertz CT molecular complexity index is 917. The molecule has 0 N–H and O–H groups in total. The van der Waals surface area contributed by atoms with Crippen LogP contribution >= 0.6 is 15.9 Å². The molecule has 1 aromatic carbocycles. The summed E-state index contributed by atoms with van der Waals surface area (Å²) in [6.07, 6.45) is 14.8. The summed E-state index contributed by atoms with van der Waals surface area (Å²) in [5, 5.41) is 0. The average Bonchev–Trinajstić information content (AvgIpc) is 3.17. The van der Waals surface area contributed by atoms with Gasteiger partial charge in [0, 0.05) is 0 Å². The molecule has 1 aromatic rings. The zero-order chi connectivity index (χ0) is 17.0. The van der Waals surface area contributed by atoms with Crippen molar-refractivity contribution < 1.29 is 0 Å². The highest BCUT2D eigenvalue weighted by Gasteiger charge is 2.32. The van der Waals surface area contributed by atoms with E-state index in [0.29, 0.717) is 4.83 Å². The van der Waals surface area contributed by atoms with Crippen LogP contribution in [0.2, 0.25) is 0 Å². The van der Waals surface area contributed by atoms with Gasteiger partial charge in [-0.1, -0.05) is 64.0 Å². The Labute approximate surface area is 158 Å². The van der Waals surface area contributed by atoms with E-state index < -0.39 is 0 Å². The summed E-state index contributed by atoms with van der Waals surface area (Å²) >= 11 is 4.02. The molecule has 4 aliphatic rings. The van der Waals surface area contributed by atoms with Crippen LogP contribution in [-0.2, 0) is 6.42 Å². The first-order chi connectivity index (χ1) is 12.2. The van der Waals surface area contributed by atoms with E-state index in [4.69, 9.17) is 0 Å². The maximum Gasteiger partial charge on any atom is 0.0616 e. The minimum absolute atomic E-state index is 0.435. The van der Waals surface area contributed by atoms with Crippen LogP contribution in [0.3, 0.4) is 0 Å². The number of alkyl halides is 1. The summed E-state index contributed by atoms with van der Waals surface area (Å²) in [6.45, 7) is 2.29. The quantitative estimate of drug-likeness (QED) is 0.484. The molecule has 25 heavy (non-hydrogen) atoms. The number of benzene rings is 1. The van der Waals surface area contributed by atoms with Crippen LogP contribution in [-0.4, -0.2) is 4.83 Å². The number of hydrogen-bond donors (Lipinski definition) is 0. The second-order valence-electron chi connectivity index (χ2n) is 7.79. The van der Waals surface area contributed by atoms with Crippen LogP contribution in [0, 0.1) is 0 Å². The lowest BCUT2D eigenvalue weighted by atomic mass is 9.79. The summed E-state index contributed by atoms with van der Waals surface area (Å²) in [5.74, 6) is 0. The maximum atomic E-state index is 4.02. The molecule has 0 saturated heterocycles. The van der Waals surface area contributed by atoms with Gasteiger partial charge in [0.15, 0.2) is 0 Å². The predicted octanol–water partition coefficient (Wildman–Crippen LogP) is 6.85. The van der Waals surface area contributed by atoms with Crippen molar-refractivity contribution in [1.82, 2.24) is 0 Å². The maximum absolute atomic E-state index is 4.02. The van der Waals surface area contributed by atoms with E-state index in [1.807, 2.05) is 0 Å². The summed E-state index contributed by atoms with van der Waals surface area (Å²) in [5.41, 5.74) is 13.7. The monoisotopic (exact) mass is 390 g/mol. The second kappa shape index (κ2) is 5.99. The molecule has 126 valence electrons. The molecular formula is C24H23Br. The van der Waals surface area contributed by atoms with Gasteiger partial charge in [0.1, 0.15) is 0 Å². The number of hydrogen-bond acceptors (Lipinski definition) is 0. The van der Waals surface area contributed by atoms with Crippen molar-refractivity contribution in [3.05, 3.63) is 86.6 Å². The van der Waals surface area contributed by atoms with Crippen LogP contribution in [0.25, 0.3) is 6.08 Å². The summed E-state index contributed by atoms with van der Waals surface area (Å²) in [7, 11) is 0. The third-order valence-corrected chi connectivity index (χ3v) is 7.22. The highest BCUT2D eigenvalue weighted by molar-refractivity contribution is 9.09. The molecule has 0 bridgehead atoms. The lowest BCUT2D eigenvalue weighted by molar-refractivity contribution is 0.669. The molecule has 1 heteroatoms. The highest BCUT2D eigenvalue weighted by atomic mass is 79.9. The van der Waals surface area contributed by atoms with E-state index in [2.05, 4.69) is 65.3 Å². The Morgan fingerprint density at radius 3 is 2.76 bits per heavy atom. The zero-order valence-electron chi connectivity index (χ0n) is 14.7. The van der Waals surface area contributed by atoms with Crippen LogP contribution in [0.4, 0.5) is 0 Å². The van der Waals surface area contributed by atoms with Gasteiger partial charge in [-0.25, -0.2) is 0 Å². The van der Waals surface area contributed by atoms with Crippen LogP contribution in [0.1, 0.15) is 50.2 Å². The van der Waals surface area contributed by atoms with Crippen molar-refractivity contribution in [2.75, 3.05) is 0 Å². The van der Waals surface area contributed by atoms with Crippen molar-refractivity contribution in [2.24, 2.45) is 0 Å². The summed E-state index contributed by atoms with van der Waals surface area (Å²) in [6, 6.07) is 8.82. The molecule has 1 atom stereocenters. The average molecular weight is 391 g/mol. The Hall–Kier alpha value is -1.60. The lowest BCUT2D eigenvalue weighted by Crippen LogP contribution is -2.17. The molecule has 0 fully saturated rings. The molecule has 0 spiro atoms. The Kier molecular flexibility index (Phi) is 3.74. The standard InChI is InChI=1S/C24H23Br/c1-15-10-23-22(14-19-8-4-5-9-20(19)24(23)25)21(15)13-16-11-17-6-2-3-7-18(17)12-16/h2-3,6-7,10-11,14,24H,4-5,8-9,12-13H2,1H3. The highest BCUT2D eigenvalue weighted by Crippen LogP contribution is 2.48. The topological polar surface area (TPSA) is 0 Å². The lowest BCUT2D eigenvalue weighted by Gasteiger charge is -2.30. The molecule has 1 unspecified atom stereocenters. The number of fused-ring (bicyclic) bond motifs is 2. The molecule has 4 aliphatic carbocycles. The second-order valence-corrected chi connectivity index (χ2v) is 8.71. The van der Waals surface area contributed by atoms with Gasteiger partial charge in [0.25, 0.3) is 0 Å². The van der Waals surface area contributed by atoms with E-state index >= 15 is 0 Å². The molecule has 0 radical (unpaired) electrons. The molecule has 0 aromatic heterocycles. The van der Waals surface area contributed by atoms with Crippen molar-refractivity contribution in [2.45, 2.75) is 50.3 Å². The van der Waals surface area contributed by atoms with Gasteiger partial charge in [0.05, 0.1) is 4.83 Å². The van der Waals surface area contributed by atoms with Gasteiger partial charge in [-0.2, -0.15) is 0 Å². The number of rotatable bonds is 2.